The van der Waals surface area contributed by atoms with Crippen LogP contribution in [0.3, 0.4) is 0 Å². The Bertz CT molecular complexity index is 117. The van der Waals surface area contributed by atoms with Crippen molar-refractivity contribution in [2.75, 3.05) is 6.61 Å². The zero-order valence-electron chi connectivity index (χ0n) is 5.78. The van der Waals surface area contributed by atoms with Crippen LogP contribution in [0.4, 0.5) is 0 Å². The highest BCUT2D eigenvalue weighted by Gasteiger charge is 2.10. The predicted molar refractivity (Wildman–Crippen MR) is 34.5 cm³/mol. The van der Waals surface area contributed by atoms with Gasteiger partial charge in [-0.1, -0.05) is 0 Å². The summed E-state index contributed by atoms with van der Waals surface area (Å²) in [5.41, 5.74) is 0. The van der Waals surface area contributed by atoms with Gasteiger partial charge in [0.1, 0.15) is 0 Å². The van der Waals surface area contributed by atoms with Crippen LogP contribution in [-0.4, -0.2) is 38.0 Å². The Hall–Kier alpha value is -0.0100. The molecule has 11 heavy (non-hydrogen) atoms. The van der Waals surface area contributed by atoms with Crippen molar-refractivity contribution < 1.29 is 34.5 Å². The van der Waals surface area contributed by atoms with Crippen molar-refractivity contribution in [3.63, 3.8) is 0 Å². The van der Waals surface area contributed by atoms with E-state index in [0.717, 1.165) is 0 Å². The Labute approximate surface area is 63.0 Å². The van der Waals surface area contributed by atoms with Crippen LogP contribution in [0.15, 0.2) is 0 Å². The molecule has 7 nitrogen and oxygen atoms in total. The number of aliphatic hydroxyl groups excluding tert-OH is 2. The highest BCUT2D eigenvalue weighted by atomic mass is 31.2. The Morgan fingerprint density at radius 2 is 1.73 bits per heavy atom. The average molecular weight is 190 g/mol. The highest BCUT2D eigenvalue weighted by Crippen LogP contribution is 2.33. The smallest absolute Gasteiger partial charge is 0.394 e. The molecule has 1 unspecified atom stereocenters. The maximum Gasteiger partial charge on any atom is 0.496 e. The summed E-state index contributed by atoms with van der Waals surface area (Å²) in [6, 6.07) is 0. The summed E-state index contributed by atoms with van der Waals surface area (Å²) in [7, 11) is -4.59. The third-order valence-corrected chi connectivity index (χ3v) is 0.583. The van der Waals surface area contributed by atoms with Crippen molar-refractivity contribution in [3.8, 4) is 0 Å². The largest absolute Gasteiger partial charge is 0.496 e. The minimum Gasteiger partial charge on any atom is -0.394 e. The fourth-order valence-electron chi connectivity index (χ4n) is 0. The second-order valence-corrected chi connectivity index (χ2v) is 2.75. The molecule has 0 heterocycles. The van der Waals surface area contributed by atoms with Gasteiger partial charge in [-0.15, -0.1) is 4.67 Å². The van der Waals surface area contributed by atoms with Gasteiger partial charge in [-0.25, -0.2) is 9.82 Å². The normalized spacial score (nSPS) is 13.3. The van der Waals surface area contributed by atoms with Gasteiger partial charge in [0.25, 0.3) is 0 Å². The Kier molecular flexibility index (Phi) is 8.25. The second kappa shape index (κ2) is 6.68. The lowest BCUT2D eigenvalue weighted by Gasteiger charge is -1.90. The zero-order valence-corrected chi connectivity index (χ0v) is 6.68. The minimum atomic E-state index is -4.59. The van der Waals surface area contributed by atoms with Crippen LogP contribution >= 0.6 is 7.82 Å². The summed E-state index contributed by atoms with van der Waals surface area (Å²) >= 11 is 0. The van der Waals surface area contributed by atoms with E-state index in [0.29, 0.717) is 0 Å². The standard InChI is InChI=1S/C3H8O2.H3O5P/c1-3(5)2-4;1-5-6(2,3)4/h3-5H,2H2,1H3;1H,(H2,2,3,4). The molecule has 0 aliphatic rings. The molecule has 8 heteroatoms. The number of hydrogen-bond acceptors (Lipinski definition) is 5. The van der Waals surface area contributed by atoms with E-state index in [-0.39, 0.29) is 6.61 Å². The molecule has 0 aliphatic carbocycles. The fraction of sp³-hybridized carbons (Fsp3) is 1.00. The molecule has 0 rings (SSSR count). The highest BCUT2D eigenvalue weighted by molar-refractivity contribution is 7.46. The van der Waals surface area contributed by atoms with E-state index in [1.165, 1.54) is 6.92 Å². The maximum atomic E-state index is 9.22. The molecule has 0 aromatic heterocycles. The summed E-state index contributed by atoms with van der Waals surface area (Å²) in [5.74, 6) is 0. The summed E-state index contributed by atoms with van der Waals surface area (Å²) < 4.78 is 11.8. The monoisotopic (exact) mass is 190 g/mol. The van der Waals surface area contributed by atoms with E-state index < -0.39 is 13.9 Å². The van der Waals surface area contributed by atoms with Gasteiger partial charge in [-0.3, -0.25) is 0 Å². The first-order chi connectivity index (χ1) is 4.83. The van der Waals surface area contributed by atoms with Gasteiger partial charge >= 0.3 is 7.82 Å². The third kappa shape index (κ3) is 25.6. The molecule has 0 fully saturated rings. The van der Waals surface area contributed by atoms with Gasteiger partial charge < -0.3 is 20.0 Å². The number of hydrogen-bond donors (Lipinski definition) is 5. The van der Waals surface area contributed by atoms with Gasteiger partial charge in [-0.05, 0) is 6.92 Å². The molecule has 0 aromatic carbocycles. The first kappa shape index (κ1) is 13.6. The van der Waals surface area contributed by atoms with Crippen LogP contribution in [0.2, 0.25) is 0 Å². The predicted octanol–water partition coefficient (Wildman–Crippen LogP) is -1.07. The van der Waals surface area contributed by atoms with E-state index in [4.69, 9.17) is 25.3 Å². The van der Waals surface area contributed by atoms with Crippen molar-refractivity contribution >= 4 is 7.82 Å². The van der Waals surface area contributed by atoms with Crippen molar-refractivity contribution in [1.29, 1.82) is 0 Å². The van der Waals surface area contributed by atoms with Crippen LogP contribution in [0.5, 0.6) is 0 Å². The molecule has 70 valence electrons. The SMILES string of the molecule is CC(O)CO.O=P(O)(O)OO. The first-order valence-electron chi connectivity index (χ1n) is 2.51. The van der Waals surface area contributed by atoms with Crippen LogP contribution in [0.25, 0.3) is 0 Å². The Morgan fingerprint density at radius 3 is 1.73 bits per heavy atom. The lowest BCUT2D eigenvalue weighted by atomic mass is 10.5. The molecule has 0 saturated heterocycles. The lowest BCUT2D eigenvalue weighted by Crippen LogP contribution is -2.03. The Balaban J connectivity index is 0. The van der Waals surface area contributed by atoms with Gasteiger partial charge in [-0.2, -0.15) is 0 Å². The van der Waals surface area contributed by atoms with E-state index in [1.807, 2.05) is 0 Å². The molecular weight excluding hydrogens is 179 g/mol. The molecule has 0 radical (unpaired) electrons. The van der Waals surface area contributed by atoms with Gasteiger partial charge in [0.15, 0.2) is 0 Å². The molecule has 1 atom stereocenters. The van der Waals surface area contributed by atoms with E-state index in [2.05, 4.69) is 4.67 Å². The molecule has 0 bridgehead atoms. The fourth-order valence-corrected chi connectivity index (χ4v) is 0. The van der Waals surface area contributed by atoms with Crippen LogP contribution < -0.4 is 0 Å². The van der Waals surface area contributed by atoms with Crippen LogP contribution in [-0.2, 0) is 9.24 Å². The number of phosphoric acid groups is 1. The van der Waals surface area contributed by atoms with Crippen LogP contribution in [0, 0.1) is 0 Å². The van der Waals surface area contributed by atoms with Crippen molar-refractivity contribution in [3.05, 3.63) is 0 Å². The van der Waals surface area contributed by atoms with Gasteiger partial charge in [0.05, 0.1) is 12.7 Å². The van der Waals surface area contributed by atoms with Crippen LogP contribution in [0.1, 0.15) is 6.92 Å². The third-order valence-electron chi connectivity index (χ3n) is 0.371. The maximum absolute atomic E-state index is 9.22. The quantitative estimate of drug-likeness (QED) is 0.213. The summed E-state index contributed by atoms with van der Waals surface area (Å²) in [4.78, 5) is 14.9. The molecule has 5 N–H and O–H groups in total. The van der Waals surface area contributed by atoms with E-state index in [9.17, 15) is 4.57 Å². The minimum absolute atomic E-state index is 0.139. The molecular formula is C3H11O7P. The molecule has 0 aliphatic heterocycles. The molecule has 0 saturated carbocycles. The summed E-state index contributed by atoms with van der Waals surface area (Å²) in [6.45, 7) is 1.39. The second-order valence-electron chi connectivity index (χ2n) is 1.60. The molecule has 0 spiro atoms. The van der Waals surface area contributed by atoms with Crippen molar-refractivity contribution in [1.82, 2.24) is 0 Å². The number of rotatable bonds is 2. The van der Waals surface area contributed by atoms with Gasteiger partial charge in [0, 0.05) is 0 Å². The van der Waals surface area contributed by atoms with E-state index in [1.54, 1.807) is 0 Å². The lowest BCUT2D eigenvalue weighted by molar-refractivity contribution is -0.158. The number of aliphatic hydroxyl groups is 2. The molecule has 0 amide bonds. The first-order valence-corrected chi connectivity index (χ1v) is 4.04. The van der Waals surface area contributed by atoms with Gasteiger partial charge in [0.2, 0.25) is 0 Å². The summed E-state index contributed by atoms with van der Waals surface area (Å²) in [6.07, 6.45) is -0.560. The van der Waals surface area contributed by atoms with Crippen molar-refractivity contribution in [2.24, 2.45) is 0 Å². The topological polar surface area (TPSA) is 127 Å². The van der Waals surface area contributed by atoms with Crippen molar-refractivity contribution in [2.45, 2.75) is 13.0 Å². The van der Waals surface area contributed by atoms with E-state index >= 15 is 0 Å². The molecule has 0 aromatic rings. The zero-order chi connectivity index (χ0) is 9.49. The Morgan fingerprint density at radius 1 is 1.55 bits per heavy atom. The average Bonchev–Trinajstić information content (AvgIpc) is 1.88. The summed E-state index contributed by atoms with van der Waals surface area (Å²) in [5, 5.41) is 23.1.